The highest BCUT2D eigenvalue weighted by molar-refractivity contribution is 5.69. The molecule has 3 fully saturated rings. The zero-order valence-corrected chi connectivity index (χ0v) is 16.4. The number of hydrogen-bond donors (Lipinski definition) is 0. The number of methoxy groups -OCH3 is 1. The molecular weight excluding hydrogens is 344 g/mol. The van der Waals surface area contributed by atoms with Crippen LogP contribution in [0.3, 0.4) is 0 Å². The molecule has 148 valence electrons. The van der Waals surface area contributed by atoms with Crippen LogP contribution in [0.4, 0.5) is 10.5 Å². The fourth-order valence-electron chi connectivity index (χ4n) is 4.99. The summed E-state index contributed by atoms with van der Waals surface area (Å²) in [7, 11) is 1.68. The number of piperazine rings is 1. The van der Waals surface area contributed by atoms with Gasteiger partial charge in [-0.25, -0.2) is 9.78 Å². The van der Waals surface area contributed by atoms with Crippen molar-refractivity contribution >= 4 is 11.8 Å². The molecule has 0 radical (unpaired) electrons. The van der Waals surface area contributed by atoms with Gasteiger partial charge in [-0.2, -0.15) is 0 Å². The van der Waals surface area contributed by atoms with E-state index in [1.807, 2.05) is 17.9 Å². The van der Waals surface area contributed by atoms with Crippen LogP contribution in [-0.4, -0.2) is 79.9 Å². The molecule has 3 heterocycles. The second-order valence-corrected chi connectivity index (χ2v) is 8.01. The summed E-state index contributed by atoms with van der Waals surface area (Å²) < 4.78 is 10.5. The quantitative estimate of drug-likeness (QED) is 0.806. The van der Waals surface area contributed by atoms with E-state index in [4.69, 9.17) is 9.47 Å². The SMILES string of the molecule is CCOC(=O)N1CC2(CC[C@H](N3CCN(c4cccnc4OC)CC3)C2)C1. The zero-order valence-electron chi connectivity index (χ0n) is 16.4. The van der Waals surface area contributed by atoms with Crippen molar-refractivity contribution in [1.29, 1.82) is 0 Å². The molecular formula is C20H30N4O3. The Kier molecular flexibility index (Phi) is 5.12. The van der Waals surface area contributed by atoms with Gasteiger partial charge in [-0.05, 0) is 38.3 Å². The average Bonchev–Trinajstić information content (AvgIpc) is 3.13. The van der Waals surface area contributed by atoms with Gasteiger partial charge in [-0.3, -0.25) is 4.90 Å². The first-order chi connectivity index (χ1) is 13.1. The molecule has 0 unspecified atom stereocenters. The van der Waals surface area contributed by atoms with E-state index >= 15 is 0 Å². The van der Waals surface area contributed by atoms with Crippen LogP contribution in [0, 0.1) is 5.41 Å². The first-order valence-electron chi connectivity index (χ1n) is 10.0. The number of likely N-dealkylation sites (tertiary alicyclic amines) is 1. The summed E-state index contributed by atoms with van der Waals surface area (Å²) in [4.78, 5) is 23.0. The summed E-state index contributed by atoms with van der Waals surface area (Å²) in [5.74, 6) is 0.708. The third-order valence-electron chi connectivity index (χ3n) is 6.37. The Labute approximate surface area is 161 Å². The van der Waals surface area contributed by atoms with Gasteiger partial charge < -0.3 is 19.3 Å². The lowest BCUT2D eigenvalue weighted by Gasteiger charge is -2.48. The van der Waals surface area contributed by atoms with Crippen molar-refractivity contribution in [3.63, 3.8) is 0 Å². The maximum Gasteiger partial charge on any atom is 0.409 e. The highest BCUT2D eigenvalue weighted by atomic mass is 16.6. The minimum Gasteiger partial charge on any atom is -0.480 e. The number of ether oxygens (including phenoxy) is 2. The van der Waals surface area contributed by atoms with Gasteiger partial charge >= 0.3 is 6.09 Å². The fraction of sp³-hybridized carbons (Fsp3) is 0.700. The second-order valence-electron chi connectivity index (χ2n) is 8.01. The number of carbonyl (C=O) groups is 1. The summed E-state index contributed by atoms with van der Waals surface area (Å²) in [5, 5.41) is 0. The summed E-state index contributed by atoms with van der Waals surface area (Å²) >= 11 is 0. The van der Waals surface area contributed by atoms with Crippen molar-refractivity contribution in [2.75, 3.05) is 57.9 Å². The summed E-state index contributed by atoms with van der Waals surface area (Å²) in [6, 6.07) is 4.70. The minimum absolute atomic E-state index is 0.148. The zero-order chi connectivity index (χ0) is 18.9. The molecule has 0 N–H and O–H groups in total. The number of anilines is 1. The molecule has 7 heteroatoms. The van der Waals surface area contributed by atoms with Gasteiger partial charge in [0.15, 0.2) is 0 Å². The van der Waals surface area contributed by atoms with Crippen LogP contribution in [0.1, 0.15) is 26.2 Å². The smallest absolute Gasteiger partial charge is 0.409 e. The average molecular weight is 374 g/mol. The Morgan fingerprint density at radius 3 is 2.78 bits per heavy atom. The van der Waals surface area contributed by atoms with Crippen molar-refractivity contribution in [2.24, 2.45) is 5.41 Å². The molecule has 0 aromatic carbocycles. The van der Waals surface area contributed by atoms with Crippen molar-refractivity contribution in [2.45, 2.75) is 32.2 Å². The molecule has 2 saturated heterocycles. The molecule has 1 spiro atoms. The Balaban J connectivity index is 1.28. The number of pyridine rings is 1. The van der Waals surface area contributed by atoms with Crippen LogP contribution in [0.2, 0.25) is 0 Å². The van der Waals surface area contributed by atoms with Crippen molar-refractivity contribution in [3.05, 3.63) is 18.3 Å². The maximum atomic E-state index is 11.8. The van der Waals surface area contributed by atoms with Gasteiger partial charge in [0.05, 0.1) is 19.4 Å². The molecule has 1 amide bonds. The van der Waals surface area contributed by atoms with Gasteiger partial charge in [0, 0.05) is 56.9 Å². The third-order valence-corrected chi connectivity index (χ3v) is 6.37. The summed E-state index contributed by atoms with van der Waals surface area (Å²) in [5.41, 5.74) is 1.42. The molecule has 0 bridgehead atoms. The molecule has 3 aliphatic rings. The first kappa shape index (κ1) is 18.3. The standard InChI is InChI=1S/C20H30N4O3/c1-3-27-19(25)24-14-20(15-24)7-6-16(13-20)22-9-11-23(12-10-22)17-5-4-8-21-18(17)26-2/h4-5,8,16H,3,6-7,9-15H2,1-2H3/t16-/m0/s1. The minimum atomic E-state index is -0.148. The predicted octanol–water partition coefficient (Wildman–Crippen LogP) is 2.22. The second kappa shape index (κ2) is 7.54. The van der Waals surface area contributed by atoms with Crippen LogP contribution in [-0.2, 0) is 4.74 Å². The number of nitrogens with zero attached hydrogens (tertiary/aromatic N) is 4. The molecule has 1 aliphatic carbocycles. The Hall–Kier alpha value is -2.02. The van der Waals surface area contributed by atoms with Crippen LogP contribution in [0.5, 0.6) is 5.88 Å². The largest absolute Gasteiger partial charge is 0.480 e. The third kappa shape index (κ3) is 3.57. The van der Waals surface area contributed by atoms with Crippen molar-refractivity contribution < 1.29 is 14.3 Å². The van der Waals surface area contributed by atoms with Gasteiger partial charge in [0.25, 0.3) is 0 Å². The number of aromatic nitrogens is 1. The van der Waals surface area contributed by atoms with Crippen LogP contribution in [0.25, 0.3) is 0 Å². The van der Waals surface area contributed by atoms with Crippen molar-refractivity contribution in [3.8, 4) is 5.88 Å². The van der Waals surface area contributed by atoms with E-state index in [9.17, 15) is 4.79 Å². The van der Waals surface area contributed by atoms with E-state index in [1.54, 1.807) is 13.3 Å². The Bertz CT molecular complexity index is 669. The van der Waals surface area contributed by atoms with E-state index in [0.29, 0.717) is 23.9 Å². The Morgan fingerprint density at radius 1 is 1.30 bits per heavy atom. The van der Waals surface area contributed by atoms with Gasteiger partial charge in [-0.15, -0.1) is 0 Å². The maximum absolute atomic E-state index is 11.8. The van der Waals surface area contributed by atoms with Gasteiger partial charge in [0.1, 0.15) is 0 Å². The molecule has 1 atom stereocenters. The molecule has 1 saturated carbocycles. The van der Waals surface area contributed by atoms with E-state index in [-0.39, 0.29) is 6.09 Å². The Morgan fingerprint density at radius 2 is 2.07 bits per heavy atom. The van der Waals surface area contributed by atoms with E-state index in [0.717, 1.165) is 45.0 Å². The lowest BCUT2D eigenvalue weighted by Crippen LogP contribution is -2.58. The molecule has 1 aromatic rings. The van der Waals surface area contributed by atoms with Gasteiger partial charge in [-0.1, -0.05) is 0 Å². The molecule has 27 heavy (non-hydrogen) atoms. The monoisotopic (exact) mass is 374 g/mol. The number of carbonyl (C=O) groups excluding carboxylic acids is 1. The van der Waals surface area contributed by atoms with Crippen LogP contribution in [0.15, 0.2) is 18.3 Å². The molecule has 4 rings (SSSR count). The highest BCUT2D eigenvalue weighted by Gasteiger charge is 2.51. The molecule has 2 aliphatic heterocycles. The fourth-order valence-corrected chi connectivity index (χ4v) is 4.99. The predicted molar refractivity (Wildman–Crippen MR) is 103 cm³/mol. The molecule has 1 aromatic heterocycles. The normalized spacial score (nSPS) is 24.7. The summed E-state index contributed by atoms with van der Waals surface area (Å²) in [6.45, 7) is 8.20. The van der Waals surface area contributed by atoms with Crippen LogP contribution < -0.4 is 9.64 Å². The van der Waals surface area contributed by atoms with Gasteiger partial charge in [0.2, 0.25) is 5.88 Å². The summed E-state index contributed by atoms with van der Waals surface area (Å²) in [6.07, 6.45) is 5.30. The van der Waals surface area contributed by atoms with E-state index in [2.05, 4.69) is 20.9 Å². The lowest BCUT2D eigenvalue weighted by molar-refractivity contribution is -0.00294. The topological polar surface area (TPSA) is 58.1 Å². The lowest BCUT2D eigenvalue weighted by atomic mass is 9.78. The van der Waals surface area contributed by atoms with Crippen LogP contribution >= 0.6 is 0 Å². The number of hydrogen-bond acceptors (Lipinski definition) is 6. The highest BCUT2D eigenvalue weighted by Crippen LogP contribution is 2.47. The van der Waals surface area contributed by atoms with Crippen molar-refractivity contribution in [1.82, 2.24) is 14.8 Å². The van der Waals surface area contributed by atoms with E-state index < -0.39 is 0 Å². The van der Waals surface area contributed by atoms with E-state index in [1.165, 1.54) is 19.3 Å². The number of amides is 1. The molecule has 7 nitrogen and oxygen atoms in total. The number of rotatable bonds is 4. The first-order valence-corrected chi connectivity index (χ1v) is 10.0.